The van der Waals surface area contributed by atoms with E-state index >= 15 is 0 Å². The van der Waals surface area contributed by atoms with Gasteiger partial charge in [0.1, 0.15) is 0 Å². The van der Waals surface area contributed by atoms with Gasteiger partial charge in [-0.15, -0.1) is 0 Å². The maximum absolute atomic E-state index is 8.81. The molecule has 92 valence electrons. The Morgan fingerprint density at radius 1 is 1.07 bits per heavy atom. The smallest absolute Gasteiger partial charge is 0.151 e. The van der Waals surface area contributed by atoms with E-state index in [-0.39, 0.29) is 12.0 Å². The third kappa shape index (κ3) is 8.85. The molecule has 0 saturated carbocycles. The van der Waals surface area contributed by atoms with Crippen LogP contribution in [0.15, 0.2) is 0 Å². The second kappa shape index (κ2) is 9.13. The van der Waals surface area contributed by atoms with Crippen LogP contribution in [0.25, 0.3) is 0 Å². The Labute approximate surface area is 93.7 Å². The van der Waals surface area contributed by atoms with E-state index in [9.17, 15) is 0 Å². The maximum Gasteiger partial charge on any atom is 0.151 e. The van der Waals surface area contributed by atoms with E-state index in [0.717, 1.165) is 12.8 Å². The molecule has 0 rings (SSSR count). The molecule has 15 heavy (non-hydrogen) atoms. The van der Waals surface area contributed by atoms with Gasteiger partial charge < -0.3 is 15.9 Å². The highest BCUT2D eigenvalue weighted by Gasteiger charge is 2.14. The Bertz CT molecular complexity index is 140. The minimum atomic E-state index is -1.22. The van der Waals surface area contributed by atoms with Crippen molar-refractivity contribution in [1.29, 1.82) is 0 Å². The van der Waals surface area contributed by atoms with Crippen LogP contribution in [-0.4, -0.2) is 22.5 Å². The number of nitrogens with two attached hydrogens (primary N) is 1. The highest BCUT2D eigenvalue weighted by atomic mass is 16.5. The summed E-state index contributed by atoms with van der Waals surface area (Å²) in [6.07, 6.45) is 6.43. The van der Waals surface area contributed by atoms with Gasteiger partial charge in [-0.05, 0) is 12.3 Å². The molecule has 4 N–H and O–H groups in total. The van der Waals surface area contributed by atoms with Crippen molar-refractivity contribution in [3.05, 3.63) is 0 Å². The number of hydrogen-bond donors (Lipinski definition) is 3. The van der Waals surface area contributed by atoms with Crippen molar-refractivity contribution in [1.82, 2.24) is 0 Å². The average Bonchev–Trinajstić information content (AvgIpc) is 2.16. The van der Waals surface area contributed by atoms with Crippen LogP contribution in [0.3, 0.4) is 0 Å². The molecule has 0 aliphatic rings. The van der Waals surface area contributed by atoms with Gasteiger partial charge in [0.25, 0.3) is 0 Å². The minimum Gasteiger partial charge on any atom is -0.368 e. The molecule has 0 radical (unpaired) electrons. The second-order valence-electron chi connectivity index (χ2n) is 4.56. The van der Waals surface area contributed by atoms with Crippen LogP contribution in [0, 0.1) is 5.92 Å². The molecule has 0 heterocycles. The zero-order valence-electron chi connectivity index (χ0n) is 10.2. The molecule has 0 aliphatic heterocycles. The molecule has 0 aromatic carbocycles. The Kier molecular flexibility index (Phi) is 9.06. The van der Waals surface area contributed by atoms with Crippen LogP contribution in [-0.2, 0) is 0 Å². The highest BCUT2D eigenvalue weighted by Crippen LogP contribution is 2.14. The topological polar surface area (TPSA) is 66.5 Å². The molecular formula is C12H27NO2. The van der Waals surface area contributed by atoms with E-state index in [1.807, 2.05) is 6.92 Å². The van der Waals surface area contributed by atoms with Crippen LogP contribution in [0.1, 0.15) is 58.8 Å². The van der Waals surface area contributed by atoms with Crippen molar-refractivity contribution in [3.8, 4) is 0 Å². The SMILES string of the molecule is CCCCCCCC(N)C(C)CC(O)O. The molecule has 3 nitrogen and oxygen atoms in total. The summed E-state index contributed by atoms with van der Waals surface area (Å²) in [6, 6.07) is 0.105. The van der Waals surface area contributed by atoms with Gasteiger partial charge in [0, 0.05) is 12.5 Å². The van der Waals surface area contributed by atoms with Gasteiger partial charge in [-0.25, -0.2) is 0 Å². The predicted molar refractivity (Wildman–Crippen MR) is 63.4 cm³/mol. The summed E-state index contributed by atoms with van der Waals surface area (Å²) in [5.74, 6) is 0.191. The first-order valence-electron chi connectivity index (χ1n) is 6.19. The Morgan fingerprint density at radius 2 is 1.67 bits per heavy atom. The van der Waals surface area contributed by atoms with Crippen LogP contribution >= 0.6 is 0 Å². The van der Waals surface area contributed by atoms with Crippen molar-refractivity contribution in [2.24, 2.45) is 11.7 Å². The van der Waals surface area contributed by atoms with E-state index in [2.05, 4.69) is 6.92 Å². The lowest BCUT2D eigenvalue weighted by Gasteiger charge is -2.20. The lowest BCUT2D eigenvalue weighted by Crippen LogP contribution is -2.30. The maximum atomic E-state index is 8.81. The molecule has 0 amide bonds. The van der Waals surface area contributed by atoms with Crippen LogP contribution < -0.4 is 5.73 Å². The Morgan fingerprint density at radius 3 is 2.20 bits per heavy atom. The van der Waals surface area contributed by atoms with Gasteiger partial charge >= 0.3 is 0 Å². The molecule has 0 saturated heterocycles. The molecule has 0 bridgehead atoms. The lowest BCUT2D eigenvalue weighted by molar-refractivity contribution is -0.0566. The van der Waals surface area contributed by atoms with E-state index in [0.29, 0.717) is 6.42 Å². The fourth-order valence-corrected chi connectivity index (χ4v) is 1.78. The normalized spacial score (nSPS) is 15.6. The molecule has 0 spiro atoms. The lowest BCUT2D eigenvalue weighted by atomic mass is 9.94. The first kappa shape index (κ1) is 14.9. The number of aliphatic hydroxyl groups excluding tert-OH is 1. The summed E-state index contributed by atoms with van der Waals surface area (Å²) in [6.45, 7) is 4.19. The largest absolute Gasteiger partial charge is 0.368 e. The zero-order valence-corrected chi connectivity index (χ0v) is 10.2. The van der Waals surface area contributed by atoms with Crippen LogP contribution in [0.5, 0.6) is 0 Å². The van der Waals surface area contributed by atoms with Gasteiger partial charge in [-0.1, -0.05) is 46.0 Å². The fraction of sp³-hybridized carbons (Fsp3) is 1.00. The van der Waals surface area contributed by atoms with E-state index < -0.39 is 6.29 Å². The van der Waals surface area contributed by atoms with Crippen molar-refractivity contribution in [2.45, 2.75) is 71.1 Å². The summed E-state index contributed by atoms with van der Waals surface area (Å²) in [5.41, 5.74) is 5.96. The Balaban J connectivity index is 3.42. The zero-order chi connectivity index (χ0) is 11.7. The Hall–Kier alpha value is -0.120. The molecule has 3 heteroatoms. The quantitative estimate of drug-likeness (QED) is 0.409. The molecule has 2 atom stereocenters. The number of aliphatic hydroxyl groups is 2. The minimum absolute atomic E-state index is 0.105. The first-order valence-corrected chi connectivity index (χ1v) is 6.19. The third-order valence-corrected chi connectivity index (χ3v) is 2.95. The monoisotopic (exact) mass is 217 g/mol. The van der Waals surface area contributed by atoms with Gasteiger partial charge in [-0.3, -0.25) is 0 Å². The van der Waals surface area contributed by atoms with E-state index in [4.69, 9.17) is 15.9 Å². The van der Waals surface area contributed by atoms with Crippen LogP contribution in [0.4, 0.5) is 0 Å². The van der Waals surface area contributed by atoms with Crippen molar-refractivity contribution >= 4 is 0 Å². The molecule has 0 aliphatic carbocycles. The second-order valence-corrected chi connectivity index (χ2v) is 4.56. The molecule has 0 aromatic heterocycles. The van der Waals surface area contributed by atoms with E-state index in [1.54, 1.807) is 0 Å². The van der Waals surface area contributed by atoms with E-state index in [1.165, 1.54) is 25.7 Å². The van der Waals surface area contributed by atoms with Crippen molar-refractivity contribution in [2.75, 3.05) is 0 Å². The molecular weight excluding hydrogens is 190 g/mol. The molecule has 0 fully saturated rings. The van der Waals surface area contributed by atoms with Crippen LogP contribution in [0.2, 0.25) is 0 Å². The highest BCUT2D eigenvalue weighted by molar-refractivity contribution is 4.69. The standard InChI is InChI=1S/C12H27NO2/c1-3-4-5-6-7-8-11(13)10(2)9-12(14)15/h10-12,14-15H,3-9,13H2,1-2H3. The number of hydrogen-bond acceptors (Lipinski definition) is 3. The van der Waals surface area contributed by atoms with Gasteiger partial charge in [0.05, 0.1) is 0 Å². The molecule has 0 aromatic rings. The summed E-state index contributed by atoms with van der Waals surface area (Å²) in [4.78, 5) is 0. The predicted octanol–water partition coefficient (Wildman–Crippen LogP) is 2.01. The first-order chi connectivity index (χ1) is 7.07. The van der Waals surface area contributed by atoms with Gasteiger partial charge in [0.2, 0.25) is 0 Å². The van der Waals surface area contributed by atoms with Crippen molar-refractivity contribution < 1.29 is 10.2 Å². The van der Waals surface area contributed by atoms with Crippen molar-refractivity contribution in [3.63, 3.8) is 0 Å². The van der Waals surface area contributed by atoms with Gasteiger partial charge in [-0.2, -0.15) is 0 Å². The summed E-state index contributed by atoms with van der Waals surface area (Å²) >= 11 is 0. The molecule has 2 unspecified atom stereocenters. The summed E-state index contributed by atoms with van der Waals surface area (Å²) in [5, 5.41) is 17.6. The summed E-state index contributed by atoms with van der Waals surface area (Å²) in [7, 11) is 0. The average molecular weight is 217 g/mol. The third-order valence-electron chi connectivity index (χ3n) is 2.95. The number of rotatable bonds is 9. The number of unbranched alkanes of at least 4 members (excludes halogenated alkanes) is 4. The fourth-order valence-electron chi connectivity index (χ4n) is 1.78. The summed E-state index contributed by atoms with van der Waals surface area (Å²) < 4.78 is 0. The van der Waals surface area contributed by atoms with Gasteiger partial charge in [0.15, 0.2) is 6.29 Å².